The first-order valence-corrected chi connectivity index (χ1v) is 18.5. The number of rotatable bonds is 3. The molecule has 2 heterocycles. The Morgan fingerprint density at radius 2 is 0.833 bits per heavy atom. The maximum Gasteiger partial charge on any atom is 0.143 e. The fourth-order valence-corrected chi connectivity index (χ4v) is 9.08. The smallest absolute Gasteiger partial charge is 0.143 e. The summed E-state index contributed by atoms with van der Waals surface area (Å²) in [5, 5.41) is 14.1. The lowest BCUT2D eigenvalue weighted by Crippen LogP contribution is -1.91. The maximum atomic E-state index is 6.75. The summed E-state index contributed by atoms with van der Waals surface area (Å²) in [5.74, 6) is 0. The first-order valence-electron chi connectivity index (χ1n) is 18.5. The molecule has 2 heteroatoms. The van der Waals surface area contributed by atoms with Crippen molar-refractivity contribution in [2.45, 2.75) is 0 Å². The Labute approximate surface area is 310 Å². The molecule has 0 aliphatic rings. The third-order valence-electron chi connectivity index (χ3n) is 11.4. The molecule has 12 rings (SSSR count). The van der Waals surface area contributed by atoms with Crippen molar-refractivity contribution in [3.8, 4) is 33.4 Å². The molecule has 250 valence electrons. The number of fused-ring (bicyclic) bond motifs is 12. The summed E-state index contributed by atoms with van der Waals surface area (Å²) in [4.78, 5) is 0. The molecule has 0 amide bonds. The molecule has 2 nitrogen and oxygen atoms in total. The minimum Gasteiger partial charge on any atom is -0.456 e. The predicted octanol–water partition coefficient (Wildman–Crippen LogP) is 15.1. The Morgan fingerprint density at radius 1 is 0.278 bits per heavy atom. The second-order valence-electron chi connectivity index (χ2n) is 14.3. The minimum atomic E-state index is 0.871. The molecule has 0 bridgehead atoms. The van der Waals surface area contributed by atoms with Gasteiger partial charge in [0.1, 0.15) is 22.3 Å². The zero-order valence-electron chi connectivity index (χ0n) is 29.1. The second kappa shape index (κ2) is 11.2. The highest BCUT2D eigenvalue weighted by molar-refractivity contribution is 6.29. The number of furan rings is 2. The Bertz CT molecular complexity index is 3450. The average molecular weight is 687 g/mol. The number of hydrogen-bond acceptors (Lipinski definition) is 2. The fraction of sp³-hybridized carbons (Fsp3) is 0. The molecule has 0 aliphatic heterocycles. The van der Waals surface area contributed by atoms with Crippen LogP contribution < -0.4 is 0 Å². The molecule has 0 saturated carbocycles. The molecule has 0 N–H and O–H groups in total. The zero-order chi connectivity index (χ0) is 35.3. The van der Waals surface area contributed by atoms with Crippen LogP contribution in [0, 0.1) is 0 Å². The highest BCUT2D eigenvalue weighted by Gasteiger charge is 2.22. The van der Waals surface area contributed by atoms with Gasteiger partial charge >= 0.3 is 0 Å². The van der Waals surface area contributed by atoms with Gasteiger partial charge in [0.15, 0.2) is 0 Å². The summed E-state index contributed by atoms with van der Waals surface area (Å²) in [5.41, 5.74) is 10.6. The summed E-state index contributed by atoms with van der Waals surface area (Å²) in [6.45, 7) is 0. The first-order chi connectivity index (χ1) is 26.8. The summed E-state index contributed by atoms with van der Waals surface area (Å²) < 4.78 is 13.3. The highest BCUT2D eigenvalue weighted by Crippen LogP contribution is 2.48. The van der Waals surface area contributed by atoms with Crippen molar-refractivity contribution in [2.75, 3.05) is 0 Å². The molecule has 0 spiro atoms. The van der Waals surface area contributed by atoms with Gasteiger partial charge in [-0.25, -0.2) is 0 Å². The van der Waals surface area contributed by atoms with Crippen LogP contribution >= 0.6 is 0 Å². The maximum absolute atomic E-state index is 6.75. The molecule has 0 aliphatic carbocycles. The van der Waals surface area contributed by atoms with E-state index in [9.17, 15) is 0 Å². The fourth-order valence-electron chi connectivity index (χ4n) is 9.08. The monoisotopic (exact) mass is 686 g/mol. The van der Waals surface area contributed by atoms with E-state index in [-0.39, 0.29) is 0 Å². The van der Waals surface area contributed by atoms with Crippen LogP contribution in [0.3, 0.4) is 0 Å². The zero-order valence-corrected chi connectivity index (χ0v) is 29.1. The van der Waals surface area contributed by atoms with E-state index in [2.05, 4.69) is 170 Å². The van der Waals surface area contributed by atoms with Crippen LogP contribution in [0.4, 0.5) is 0 Å². The molecular formula is C52H30O2. The van der Waals surface area contributed by atoms with Gasteiger partial charge < -0.3 is 8.83 Å². The van der Waals surface area contributed by atoms with E-state index in [1.54, 1.807) is 0 Å². The summed E-state index contributed by atoms with van der Waals surface area (Å²) in [6.07, 6.45) is 0. The van der Waals surface area contributed by atoms with Crippen molar-refractivity contribution in [3.05, 3.63) is 182 Å². The van der Waals surface area contributed by atoms with Gasteiger partial charge in [-0.05, 0) is 107 Å². The Hall–Kier alpha value is -7.16. The molecule has 10 aromatic carbocycles. The van der Waals surface area contributed by atoms with Gasteiger partial charge in [0.25, 0.3) is 0 Å². The van der Waals surface area contributed by atoms with Crippen molar-refractivity contribution in [3.63, 3.8) is 0 Å². The largest absolute Gasteiger partial charge is 0.456 e. The Kier molecular flexibility index (Phi) is 6.09. The van der Waals surface area contributed by atoms with E-state index >= 15 is 0 Å². The van der Waals surface area contributed by atoms with Gasteiger partial charge in [0.05, 0.1) is 0 Å². The molecule has 0 saturated heterocycles. The molecule has 0 unspecified atom stereocenters. The van der Waals surface area contributed by atoms with Gasteiger partial charge in [-0.2, -0.15) is 0 Å². The van der Waals surface area contributed by atoms with Gasteiger partial charge in [-0.3, -0.25) is 0 Å². The summed E-state index contributed by atoms with van der Waals surface area (Å²) in [6, 6.07) is 65.6. The van der Waals surface area contributed by atoms with E-state index in [1.807, 2.05) is 12.1 Å². The SMILES string of the molecule is c1cc(-c2c3ccccc3c(-c3ccc4ccccc4c3)c3ccccc23)cc(-c2cc3oc4ccccc4c3c3ccc4c5ccccc5oc4c23)c1. The van der Waals surface area contributed by atoms with Crippen molar-refractivity contribution in [1.29, 1.82) is 0 Å². The van der Waals surface area contributed by atoms with Crippen LogP contribution in [0.25, 0.3) is 120 Å². The van der Waals surface area contributed by atoms with Crippen LogP contribution in [0.5, 0.6) is 0 Å². The molecule has 0 fully saturated rings. The van der Waals surface area contributed by atoms with E-state index in [1.165, 1.54) is 54.6 Å². The molecule has 2 aromatic heterocycles. The van der Waals surface area contributed by atoms with Gasteiger partial charge in [0.2, 0.25) is 0 Å². The number of para-hydroxylation sites is 2. The van der Waals surface area contributed by atoms with Gasteiger partial charge in [0, 0.05) is 26.9 Å². The lowest BCUT2D eigenvalue weighted by atomic mass is 9.85. The van der Waals surface area contributed by atoms with Crippen molar-refractivity contribution < 1.29 is 8.83 Å². The van der Waals surface area contributed by atoms with Crippen LogP contribution in [-0.4, -0.2) is 0 Å². The van der Waals surface area contributed by atoms with Gasteiger partial charge in [-0.1, -0.05) is 146 Å². The normalized spacial score (nSPS) is 12.1. The van der Waals surface area contributed by atoms with E-state index in [4.69, 9.17) is 8.83 Å². The van der Waals surface area contributed by atoms with Crippen molar-refractivity contribution in [1.82, 2.24) is 0 Å². The molecule has 0 radical (unpaired) electrons. The Balaban J connectivity index is 1.16. The minimum absolute atomic E-state index is 0.871. The van der Waals surface area contributed by atoms with Crippen molar-refractivity contribution >= 4 is 87.0 Å². The van der Waals surface area contributed by atoms with E-state index in [0.29, 0.717) is 0 Å². The molecule has 12 aromatic rings. The molecule has 54 heavy (non-hydrogen) atoms. The number of benzene rings is 10. The summed E-state index contributed by atoms with van der Waals surface area (Å²) >= 11 is 0. The van der Waals surface area contributed by atoms with Crippen LogP contribution in [0.15, 0.2) is 191 Å². The third kappa shape index (κ3) is 4.17. The molecular weight excluding hydrogens is 657 g/mol. The van der Waals surface area contributed by atoms with E-state index < -0.39 is 0 Å². The van der Waals surface area contributed by atoms with Crippen LogP contribution in [-0.2, 0) is 0 Å². The highest BCUT2D eigenvalue weighted by atomic mass is 16.3. The van der Waals surface area contributed by atoms with Crippen molar-refractivity contribution in [2.24, 2.45) is 0 Å². The van der Waals surface area contributed by atoms with Gasteiger partial charge in [-0.15, -0.1) is 0 Å². The van der Waals surface area contributed by atoms with Crippen LogP contribution in [0.1, 0.15) is 0 Å². The average Bonchev–Trinajstić information content (AvgIpc) is 3.81. The van der Waals surface area contributed by atoms with E-state index in [0.717, 1.165) is 65.8 Å². The topological polar surface area (TPSA) is 26.3 Å². The Morgan fingerprint density at radius 3 is 1.56 bits per heavy atom. The quantitative estimate of drug-likeness (QED) is 0.173. The molecule has 0 atom stereocenters. The summed E-state index contributed by atoms with van der Waals surface area (Å²) in [7, 11) is 0. The second-order valence-corrected chi connectivity index (χ2v) is 14.3. The standard InChI is InChI=1S/C52H30O2/c1-2-13-32-28-35(25-24-31(32)12-1)49-39-19-5-3-17-37(39)48(38-18-4-6-20-40(38)49)34-15-11-14-33(29-34)44-30-47-50(42-21-8-10-23-46(42)53-47)43-27-26-41-36-16-7-9-22-45(36)54-52(41)51(43)44/h1-30H. The third-order valence-corrected chi connectivity index (χ3v) is 11.4. The number of hydrogen-bond donors (Lipinski definition) is 0. The predicted molar refractivity (Wildman–Crippen MR) is 227 cm³/mol. The lowest BCUT2D eigenvalue weighted by Gasteiger charge is -2.18. The van der Waals surface area contributed by atoms with Crippen LogP contribution in [0.2, 0.25) is 0 Å². The lowest BCUT2D eigenvalue weighted by molar-refractivity contribution is 0.669. The first kappa shape index (κ1) is 29.4.